The highest BCUT2D eigenvalue weighted by Gasteiger charge is 2.15. The third-order valence-electron chi connectivity index (χ3n) is 2.90. The summed E-state index contributed by atoms with van der Waals surface area (Å²) in [6, 6.07) is 1.46. The predicted molar refractivity (Wildman–Crippen MR) is 73.6 cm³/mol. The number of hydrogen-bond acceptors (Lipinski definition) is 4. The fourth-order valence-electron chi connectivity index (χ4n) is 2.01. The summed E-state index contributed by atoms with van der Waals surface area (Å²) in [5.41, 5.74) is 1.44. The monoisotopic (exact) mass is 311 g/mol. The molecule has 6 heteroatoms. The van der Waals surface area contributed by atoms with Crippen molar-refractivity contribution in [2.45, 2.75) is 25.7 Å². The van der Waals surface area contributed by atoms with Crippen LogP contribution < -0.4 is 5.32 Å². The molecule has 1 aliphatic carbocycles. The first-order valence-corrected chi connectivity index (χ1v) is 6.68. The van der Waals surface area contributed by atoms with Gasteiger partial charge >= 0.3 is 5.69 Å². The summed E-state index contributed by atoms with van der Waals surface area (Å²) >= 11 is 3.18. The number of allylic oxidation sites excluding steroid dienone is 1. The summed E-state index contributed by atoms with van der Waals surface area (Å²) in [5, 5.41) is 13.9. The van der Waals surface area contributed by atoms with Crippen LogP contribution in [-0.2, 0) is 0 Å². The Bertz CT molecular complexity index is 488. The van der Waals surface area contributed by atoms with Gasteiger partial charge in [0, 0.05) is 23.3 Å². The summed E-state index contributed by atoms with van der Waals surface area (Å²) in [5.74, 6) is 0.335. The highest BCUT2D eigenvalue weighted by atomic mass is 79.9. The Kier molecular flexibility index (Phi) is 4.30. The zero-order valence-electron chi connectivity index (χ0n) is 9.86. The highest BCUT2D eigenvalue weighted by molar-refractivity contribution is 9.10. The van der Waals surface area contributed by atoms with Gasteiger partial charge in [-0.25, -0.2) is 4.98 Å². The van der Waals surface area contributed by atoms with Crippen LogP contribution in [-0.4, -0.2) is 16.5 Å². The molecule has 0 amide bonds. The SMILES string of the molecule is O=[N+]([O-])c1cc(Br)cnc1NCCC1=CCCC1. The van der Waals surface area contributed by atoms with Crippen molar-refractivity contribution in [3.63, 3.8) is 0 Å². The predicted octanol–water partition coefficient (Wildman–Crippen LogP) is 3.66. The van der Waals surface area contributed by atoms with E-state index in [0.29, 0.717) is 16.8 Å². The number of anilines is 1. The van der Waals surface area contributed by atoms with Gasteiger partial charge in [0.2, 0.25) is 5.82 Å². The average Bonchev–Trinajstić information content (AvgIpc) is 2.84. The lowest BCUT2D eigenvalue weighted by atomic mass is 10.2. The van der Waals surface area contributed by atoms with Crippen LogP contribution >= 0.6 is 15.9 Å². The zero-order chi connectivity index (χ0) is 13.0. The molecule has 0 bridgehead atoms. The Morgan fingerprint density at radius 3 is 3.06 bits per heavy atom. The quantitative estimate of drug-likeness (QED) is 0.512. The lowest BCUT2D eigenvalue weighted by Gasteiger charge is -2.06. The molecule has 96 valence electrons. The molecule has 0 saturated heterocycles. The third-order valence-corrected chi connectivity index (χ3v) is 3.34. The molecule has 0 spiro atoms. The van der Waals surface area contributed by atoms with Crippen LogP contribution in [0.1, 0.15) is 25.7 Å². The van der Waals surface area contributed by atoms with Crippen LogP contribution in [0.2, 0.25) is 0 Å². The van der Waals surface area contributed by atoms with Crippen LogP contribution in [0.3, 0.4) is 0 Å². The molecule has 1 aromatic rings. The number of rotatable bonds is 5. The van der Waals surface area contributed by atoms with Gasteiger partial charge in [0.05, 0.1) is 4.92 Å². The van der Waals surface area contributed by atoms with E-state index in [0.717, 1.165) is 19.3 Å². The Balaban J connectivity index is 1.98. The molecular weight excluding hydrogens is 298 g/mol. The molecule has 0 saturated carbocycles. The molecule has 0 aromatic carbocycles. The van der Waals surface area contributed by atoms with E-state index >= 15 is 0 Å². The second-order valence-electron chi connectivity index (χ2n) is 4.21. The summed E-state index contributed by atoms with van der Waals surface area (Å²) in [6.45, 7) is 0.682. The molecule has 0 unspecified atom stereocenters. The first-order valence-electron chi connectivity index (χ1n) is 5.88. The van der Waals surface area contributed by atoms with Gasteiger partial charge in [0.1, 0.15) is 0 Å². The lowest BCUT2D eigenvalue weighted by Crippen LogP contribution is -2.06. The summed E-state index contributed by atoms with van der Waals surface area (Å²) in [7, 11) is 0. The minimum Gasteiger partial charge on any atom is -0.364 e. The number of hydrogen-bond donors (Lipinski definition) is 1. The summed E-state index contributed by atoms with van der Waals surface area (Å²) in [4.78, 5) is 14.5. The molecule has 0 radical (unpaired) electrons. The van der Waals surface area contributed by atoms with E-state index < -0.39 is 4.92 Å². The van der Waals surface area contributed by atoms with Crippen molar-refractivity contribution in [3.8, 4) is 0 Å². The van der Waals surface area contributed by atoms with E-state index in [9.17, 15) is 10.1 Å². The minimum atomic E-state index is -0.422. The Hall–Kier alpha value is -1.43. The molecule has 1 N–H and O–H groups in total. The minimum absolute atomic E-state index is 0.00442. The molecule has 2 rings (SSSR count). The van der Waals surface area contributed by atoms with E-state index in [-0.39, 0.29) is 5.69 Å². The van der Waals surface area contributed by atoms with Gasteiger partial charge in [0.25, 0.3) is 0 Å². The van der Waals surface area contributed by atoms with Crippen molar-refractivity contribution in [2.24, 2.45) is 0 Å². The first kappa shape index (κ1) is 13.0. The maximum Gasteiger partial charge on any atom is 0.312 e. The molecule has 1 aromatic heterocycles. The summed E-state index contributed by atoms with van der Waals surface area (Å²) in [6.07, 6.45) is 8.28. The van der Waals surface area contributed by atoms with Crippen molar-refractivity contribution in [1.82, 2.24) is 4.98 Å². The van der Waals surface area contributed by atoms with Gasteiger partial charge in [-0.1, -0.05) is 11.6 Å². The maximum atomic E-state index is 10.9. The van der Waals surface area contributed by atoms with Gasteiger partial charge in [0.15, 0.2) is 0 Å². The van der Waals surface area contributed by atoms with Crippen LogP contribution in [0.5, 0.6) is 0 Å². The number of nitrogens with one attached hydrogen (secondary N) is 1. The van der Waals surface area contributed by atoms with Crippen molar-refractivity contribution < 1.29 is 4.92 Å². The van der Waals surface area contributed by atoms with E-state index in [4.69, 9.17) is 0 Å². The van der Waals surface area contributed by atoms with E-state index in [1.165, 1.54) is 18.1 Å². The molecule has 0 fully saturated rings. The van der Waals surface area contributed by atoms with Crippen molar-refractivity contribution in [3.05, 3.63) is 38.5 Å². The smallest absolute Gasteiger partial charge is 0.312 e. The molecule has 0 atom stereocenters. The number of aromatic nitrogens is 1. The fraction of sp³-hybridized carbons (Fsp3) is 0.417. The van der Waals surface area contributed by atoms with Gasteiger partial charge in [-0.2, -0.15) is 0 Å². The molecule has 18 heavy (non-hydrogen) atoms. The topological polar surface area (TPSA) is 68.1 Å². The molecule has 0 aliphatic heterocycles. The number of halogens is 1. The Morgan fingerprint density at radius 1 is 1.56 bits per heavy atom. The largest absolute Gasteiger partial charge is 0.364 e. The van der Waals surface area contributed by atoms with Crippen LogP contribution in [0, 0.1) is 10.1 Å². The molecule has 5 nitrogen and oxygen atoms in total. The van der Waals surface area contributed by atoms with Gasteiger partial charge in [-0.15, -0.1) is 0 Å². The number of nitrogens with zero attached hydrogens (tertiary/aromatic N) is 2. The van der Waals surface area contributed by atoms with Gasteiger partial charge in [-0.3, -0.25) is 10.1 Å². The van der Waals surface area contributed by atoms with Crippen molar-refractivity contribution in [1.29, 1.82) is 0 Å². The van der Waals surface area contributed by atoms with Gasteiger partial charge < -0.3 is 5.32 Å². The standard InChI is InChI=1S/C12H14BrN3O2/c13-10-7-11(16(17)18)12(15-8-10)14-6-5-9-3-1-2-4-9/h3,7-8H,1-2,4-6H2,(H,14,15). The average molecular weight is 312 g/mol. The zero-order valence-corrected chi connectivity index (χ0v) is 11.4. The van der Waals surface area contributed by atoms with E-state index in [2.05, 4.69) is 32.3 Å². The lowest BCUT2D eigenvalue weighted by molar-refractivity contribution is -0.384. The van der Waals surface area contributed by atoms with Crippen molar-refractivity contribution in [2.75, 3.05) is 11.9 Å². The maximum absolute atomic E-state index is 10.9. The molecular formula is C12H14BrN3O2. The van der Waals surface area contributed by atoms with Crippen LogP contribution in [0.15, 0.2) is 28.4 Å². The number of nitro groups is 1. The molecule has 1 aliphatic rings. The van der Waals surface area contributed by atoms with E-state index in [1.807, 2.05) is 0 Å². The van der Waals surface area contributed by atoms with Gasteiger partial charge in [-0.05, 0) is 41.6 Å². The third kappa shape index (κ3) is 3.29. The second kappa shape index (κ2) is 5.95. The fourth-order valence-corrected chi connectivity index (χ4v) is 2.33. The Morgan fingerprint density at radius 2 is 2.39 bits per heavy atom. The summed E-state index contributed by atoms with van der Waals surface area (Å²) < 4.78 is 0.609. The normalized spacial score (nSPS) is 14.4. The van der Waals surface area contributed by atoms with Crippen LogP contribution in [0.25, 0.3) is 0 Å². The Labute approximate surface area is 114 Å². The number of pyridine rings is 1. The van der Waals surface area contributed by atoms with Crippen LogP contribution in [0.4, 0.5) is 11.5 Å². The van der Waals surface area contributed by atoms with Crippen molar-refractivity contribution >= 4 is 27.4 Å². The highest BCUT2D eigenvalue weighted by Crippen LogP contribution is 2.26. The first-order chi connectivity index (χ1) is 8.66. The second-order valence-corrected chi connectivity index (χ2v) is 5.13. The molecule has 1 heterocycles. The van der Waals surface area contributed by atoms with E-state index in [1.54, 1.807) is 6.20 Å².